The van der Waals surface area contributed by atoms with Gasteiger partial charge < -0.3 is 5.73 Å². The number of aryl methyl sites for hydroxylation is 1. The van der Waals surface area contributed by atoms with Crippen LogP contribution in [0.15, 0.2) is 36.5 Å². The highest BCUT2D eigenvalue weighted by Crippen LogP contribution is 2.18. The Morgan fingerprint density at radius 3 is 2.83 bits per heavy atom. The van der Waals surface area contributed by atoms with E-state index in [2.05, 4.69) is 12.0 Å². The molecule has 0 fully saturated rings. The Morgan fingerprint density at radius 1 is 1.33 bits per heavy atom. The van der Waals surface area contributed by atoms with Gasteiger partial charge in [0.2, 0.25) is 0 Å². The quantitative estimate of drug-likeness (QED) is 0.882. The van der Waals surface area contributed by atoms with Gasteiger partial charge in [-0.1, -0.05) is 25.1 Å². The van der Waals surface area contributed by atoms with E-state index in [4.69, 9.17) is 5.73 Å². The molecule has 1 heterocycles. The van der Waals surface area contributed by atoms with E-state index in [1.165, 1.54) is 6.07 Å². The maximum absolute atomic E-state index is 13.6. The van der Waals surface area contributed by atoms with Gasteiger partial charge in [-0.05, 0) is 30.5 Å². The van der Waals surface area contributed by atoms with Crippen molar-refractivity contribution in [3.63, 3.8) is 0 Å². The van der Waals surface area contributed by atoms with Crippen molar-refractivity contribution in [3.05, 3.63) is 53.6 Å². The summed E-state index contributed by atoms with van der Waals surface area (Å²) in [7, 11) is 0. The lowest BCUT2D eigenvalue weighted by Gasteiger charge is -2.14. The molecule has 1 atom stereocenters. The first-order chi connectivity index (χ1) is 8.72. The summed E-state index contributed by atoms with van der Waals surface area (Å²) in [5.74, 6) is -0.200. The lowest BCUT2D eigenvalue weighted by Crippen LogP contribution is -2.19. The fourth-order valence-electron chi connectivity index (χ4n) is 2.06. The van der Waals surface area contributed by atoms with Crippen molar-refractivity contribution in [3.8, 4) is 0 Å². The summed E-state index contributed by atoms with van der Waals surface area (Å²) in [5, 5.41) is 4.23. The van der Waals surface area contributed by atoms with Crippen molar-refractivity contribution in [1.82, 2.24) is 9.78 Å². The molecule has 0 spiro atoms. The van der Waals surface area contributed by atoms with Crippen LogP contribution in [0.25, 0.3) is 0 Å². The standard InChI is InChI=1S/C14H18FN3/c1-2-9-18-14(7-8-17-18)13(16)10-11-5-3-4-6-12(11)15/h3-8,13H,2,9-10,16H2,1H3. The molecule has 2 rings (SSSR count). The molecular formula is C14H18FN3. The lowest BCUT2D eigenvalue weighted by molar-refractivity contribution is 0.529. The molecule has 96 valence electrons. The second kappa shape index (κ2) is 5.78. The maximum Gasteiger partial charge on any atom is 0.126 e. The van der Waals surface area contributed by atoms with Gasteiger partial charge in [-0.3, -0.25) is 4.68 Å². The van der Waals surface area contributed by atoms with Gasteiger partial charge in [-0.25, -0.2) is 4.39 Å². The number of rotatable bonds is 5. The molecule has 0 aliphatic carbocycles. The van der Waals surface area contributed by atoms with Gasteiger partial charge in [-0.2, -0.15) is 5.10 Å². The zero-order chi connectivity index (χ0) is 13.0. The van der Waals surface area contributed by atoms with Crippen LogP contribution in [0.5, 0.6) is 0 Å². The first-order valence-electron chi connectivity index (χ1n) is 6.23. The number of aromatic nitrogens is 2. The minimum atomic E-state index is -0.226. The van der Waals surface area contributed by atoms with E-state index in [9.17, 15) is 4.39 Å². The average Bonchev–Trinajstić information content (AvgIpc) is 2.81. The molecule has 0 aliphatic rings. The van der Waals surface area contributed by atoms with E-state index in [1.54, 1.807) is 18.3 Å². The molecule has 0 aliphatic heterocycles. The molecule has 1 aromatic carbocycles. The summed E-state index contributed by atoms with van der Waals surface area (Å²) in [6, 6.07) is 8.43. The van der Waals surface area contributed by atoms with Crippen molar-refractivity contribution in [2.45, 2.75) is 32.4 Å². The molecule has 3 nitrogen and oxygen atoms in total. The normalized spacial score (nSPS) is 12.6. The molecular weight excluding hydrogens is 229 g/mol. The van der Waals surface area contributed by atoms with Crippen LogP contribution < -0.4 is 5.73 Å². The predicted octanol–water partition coefficient (Wildman–Crippen LogP) is 2.67. The first-order valence-corrected chi connectivity index (χ1v) is 6.23. The predicted molar refractivity (Wildman–Crippen MR) is 69.6 cm³/mol. The largest absolute Gasteiger partial charge is 0.322 e. The Kier molecular flexibility index (Phi) is 4.10. The monoisotopic (exact) mass is 247 g/mol. The van der Waals surface area contributed by atoms with E-state index >= 15 is 0 Å². The minimum absolute atomic E-state index is 0.200. The Labute approximate surface area is 106 Å². The fraction of sp³-hybridized carbons (Fsp3) is 0.357. The maximum atomic E-state index is 13.6. The van der Waals surface area contributed by atoms with Crippen LogP contribution in [0.4, 0.5) is 4.39 Å². The highest BCUT2D eigenvalue weighted by Gasteiger charge is 2.13. The number of nitrogens with zero attached hydrogens (tertiary/aromatic N) is 2. The molecule has 0 amide bonds. The summed E-state index contributed by atoms with van der Waals surface area (Å²) >= 11 is 0. The van der Waals surface area contributed by atoms with E-state index < -0.39 is 0 Å². The summed E-state index contributed by atoms with van der Waals surface area (Å²) in [5.41, 5.74) is 7.75. The molecule has 0 saturated carbocycles. The smallest absolute Gasteiger partial charge is 0.126 e. The van der Waals surface area contributed by atoms with Crippen molar-refractivity contribution in [1.29, 1.82) is 0 Å². The van der Waals surface area contributed by atoms with Crippen molar-refractivity contribution >= 4 is 0 Å². The Hall–Kier alpha value is -1.68. The van der Waals surface area contributed by atoms with E-state index in [1.807, 2.05) is 16.8 Å². The molecule has 2 aromatic rings. The molecule has 2 N–H and O–H groups in total. The molecule has 4 heteroatoms. The fourth-order valence-corrected chi connectivity index (χ4v) is 2.06. The number of hydrogen-bond donors (Lipinski definition) is 1. The van der Waals surface area contributed by atoms with Crippen LogP contribution >= 0.6 is 0 Å². The molecule has 1 aromatic heterocycles. The van der Waals surface area contributed by atoms with Crippen LogP contribution in [0.1, 0.15) is 30.6 Å². The van der Waals surface area contributed by atoms with Crippen LogP contribution in [-0.2, 0) is 13.0 Å². The van der Waals surface area contributed by atoms with Gasteiger partial charge in [0.05, 0.1) is 11.7 Å². The molecule has 1 unspecified atom stereocenters. The minimum Gasteiger partial charge on any atom is -0.322 e. The second-order valence-corrected chi connectivity index (χ2v) is 4.38. The Bertz CT molecular complexity index is 507. The van der Waals surface area contributed by atoms with Crippen LogP contribution in [0.2, 0.25) is 0 Å². The summed E-state index contributed by atoms with van der Waals surface area (Å²) < 4.78 is 15.5. The second-order valence-electron chi connectivity index (χ2n) is 4.38. The van der Waals surface area contributed by atoms with Crippen LogP contribution in [0, 0.1) is 5.82 Å². The SMILES string of the molecule is CCCn1nccc1C(N)Cc1ccccc1F. The molecule has 18 heavy (non-hydrogen) atoms. The molecule has 0 saturated heterocycles. The van der Waals surface area contributed by atoms with Gasteiger partial charge in [0.25, 0.3) is 0 Å². The third-order valence-corrected chi connectivity index (χ3v) is 2.96. The van der Waals surface area contributed by atoms with E-state index in [0.717, 1.165) is 18.7 Å². The number of halogens is 1. The Balaban J connectivity index is 2.14. The average molecular weight is 247 g/mol. The Morgan fingerprint density at radius 2 is 2.11 bits per heavy atom. The zero-order valence-electron chi connectivity index (χ0n) is 10.5. The van der Waals surface area contributed by atoms with Gasteiger partial charge in [0, 0.05) is 12.7 Å². The molecule has 0 radical (unpaired) electrons. The van der Waals surface area contributed by atoms with Crippen LogP contribution in [-0.4, -0.2) is 9.78 Å². The summed E-state index contributed by atoms with van der Waals surface area (Å²) in [4.78, 5) is 0. The lowest BCUT2D eigenvalue weighted by atomic mass is 10.0. The topological polar surface area (TPSA) is 43.8 Å². The van der Waals surface area contributed by atoms with Gasteiger partial charge in [0.15, 0.2) is 0 Å². The summed E-state index contributed by atoms with van der Waals surface area (Å²) in [6.07, 6.45) is 3.23. The highest BCUT2D eigenvalue weighted by atomic mass is 19.1. The van der Waals surface area contributed by atoms with E-state index in [-0.39, 0.29) is 11.9 Å². The van der Waals surface area contributed by atoms with Gasteiger partial charge >= 0.3 is 0 Å². The third kappa shape index (κ3) is 2.76. The van der Waals surface area contributed by atoms with Gasteiger partial charge in [0.1, 0.15) is 5.82 Å². The van der Waals surface area contributed by atoms with Crippen LogP contribution in [0.3, 0.4) is 0 Å². The van der Waals surface area contributed by atoms with Crippen molar-refractivity contribution < 1.29 is 4.39 Å². The zero-order valence-corrected chi connectivity index (χ0v) is 10.5. The number of hydrogen-bond acceptors (Lipinski definition) is 2. The van der Waals surface area contributed by atoms with E-state index in [0.29, 0.717) is 12.0 Å². The summed E-state index contributed by atoms with van der Waals surface area (Å²) in [6.45, 7) is 2.93. The third-order valence-electron chi connectivity index (χ3n) is 2.96. The number of nitrogens with two attached hydrogens (primary N) is 1. The number of benzene rings is 1. The van der Waals surface area contributed by atoms with Gasteiger partial charge in [-0.15, -0.1) is 0 Å². The first kappa shape index (κ1) is 12.8. The van der Waals surface area contributed by atoms with Crippen molar-refractivity contribution in [2.24, 2.45) is 5.73 Å². The molecule has 0 bridgehead atoms. The highest BCUT2D eigenvalue weighted by molar-refractivity contribution is 5.20. The van der Waals surface area contributed by atoms with Crippen molar-refractivity contribution in [2.75, 3.05) is 0 Å².